The number of hydrogen-bond acceptors (Lipinski definition) is 7. The van der Waals surface area contributed by atoms with Crippen molar-refractivity contribution in [2.45, 2.75) is 39.4 Å². The lowest BCUT2D eigenvalue weighted by molar-refractivity contribution is -0.147. The molecule has 27 heavy (non-hydrogen) atoms. The van der Waals surface area contributed by atoms with E-state index in [-0.39, 0.29) is 24.1 Å². The van der Waals surface area contributed by atoms with E-state index in [9.17, 15) is 9.59 Å². The fraction of sp³-hybridized carbons (Fsp3) is 0.368. The summed E-state index contributed by atoms with van der Waals surface area (Å²) in [6.07, 6.45) is 0.633. The summed E-state index contributed by atoms with van der Waals surface area (Å²) in [5.74, 6) is -0.663. The molecule has 7 nitrogen and oxygen atoms in total. The lowest BCUT2D eigenvalue weighted by Gasteiger charge is -2.14. The van der Waals surface area contributed by atoms with E-state index in [1.54, 1.807) is 0 Å². The van der Waals surface area contributed by atoms with E-state index in [4.69, 9.17) is 9.47 Å². The van der Waals surface area contributed by atoms with Crippen molar-refractivity contribution in [3.8, 4) is 0 Å². The van der Waals surface area contributed by atoms with Crippen molar-refractivity contribution in [1.29, 1.82) is 0 Å². The van der Waals surface area contributed by atoms with Crippen LogP contribution in [0.4, 0.5) is 0 Å². The summed E-state index contributed by atoms with van der Waals surface area (Å²) in [5, 5.41) is 4.87. The summed E-state index contributed by atoms with van der Waals surface area (Å²) in [6.45, 7) is 4.69. The zero-order valence-corrected chi connectivity index (χ0v) is 16.1. The first-order chi connectivity index (χ1) is 13.1. The van der Waals surface area contributed by atoms with Crippen LogP contribution in [0.1, 0.15) is 42.5 Å². The number of fused-ring (bicyclic) bond motifs is 1. The van der Waals surface area contributed by atoms with E-state index in [2.05, 4.69) is 10.1 Å². The summed E-state index contributed by atoms with van der Waals surface area (Å²) in [6, 6.07) is 10.8. The van der Waals surface area contributed by atoms with Crippen LogP contribution in [-0.4, -0.2) is 27.2 Å². The molecule has 8 heteroatoms. The molecule has 1 atom stereocenters. The Labute approximate surface area is 160 Å². The smallest absolute Gasteiger partial charge is 0.313 e. The monoisotopic (exact) mass is 387 g/mol. The first-order valence-corrected chi connectivity index (χ1v) is 9.62. The molecule has 0 saturated carbocycles. The van der Waals surface area contributed by atoms with Gasteiger partial charge in [0.15, 0.2) is 0 Å². The van der Waals surface area contributed by atoms with E-state index < -0.39 is 0 Å². The Morgan fingerprint density at radius 1 is 1.22 bits per heavy atom. The van der Waals surface area contributed by atoms with Crippen molar-refractivity contribution in [1.82, 2.24) is 14.6 Å². The number of nitrogens with zero attached hydrogens (tertiary/aromatic N) is 3. The van der Waals surface area contributed by atoms with Gasteiger partial charge in [0.1, 0.15) is 18.2 Å². The molecule has 0 spiro atoms. The van der Waals surface area contributed by atoms with Crippen molar-refractivity contribution in [3.63, 3.8) is 0 Å². The van der Waals surface area contributed by atoms with Crippen LogP contribution in [0.3, 0.4) is 0 Å². The minimum absolute atomic E-state index is 0.0490. The van der Waals surface area contributed by atoms with Gasteiger partial charge in [0, 0.05) is 12.7 Å². The fourth-order valence-electron chi connectivity index (χ4n) is 2.69. The third-order valence-corrected chi connectivity index (χ3v) is 4.91. The van der Waals surface area contributed by atoms with Crippen molar-refractivity contribution in [2.24, 2.45) is 0 Å². The predicted octanol–water partition coefficient (Wildman–Crippen LogP) is 2.92. The Morgan fingerprint density at radius 2 is 2.00 bits per heavy atom. The average Bonchev–Trinajstić information content (AvgIpc) is 3.10. The van der Waals surface area contributed by atoms with Gasteiger partial charge in [-0.05, 0) is 18.9 Å². The maximum Gasteiger partial charge on any atom is 0.313 e. The minimum atomic E-state index is -0.336. The molecule has 0 aliphatic carbocycles. The Bertz CT molecular complexity index is 968. The Hall–Kier alpha value is -2.58. The molecule has 0 saturated heterocycles. The van der Waals surface area contributed by atoms with Gasteiger partial charge in [-0.3, -0.25) is 9.59 Å². The third-order valence-electron chi connectivity index (χ3n) is 4.03. The lowest BCUT2D eigenvalue weighted by atomic mass is 9.97. The molecule has 0 fully saturated rings. The van der Waals surface area contributed by atoms with Crippen molar-refractivity contribution in [3.05, 3.63) is 63.0 Å². The number of carbonyl (C=O) groups is 1. The quantitative estimate of drug-likeness (QED) is 0.553. The van der Waals surface area contributed by atoms with E-state index >= 15 is 0 Å². The number of ether oxygens (including phenoxy) is 2. The summed E-state index contributed by atoms with van der Waals surface area (Å²) < 4.78 is 12.0. The second-order valence-corrected chi connectivity index (χ2v) is 6.93. The van der Waals surface area contributed by atoms with Crippen LogP contribution >= 0.6 is 11.3 Å². The van der Waals surface area contributed by atoms with Gasteiger partial charge in [-0.1, -0.05) is 48.6 Å². The number of esters is 1. The van der Waals surface area contributed by atoms with Gasteiger partial charge >= 0.3 is 5.97 Å². The van der Waals surface area contributed by atoms with E-state index in [0.29, 0.717) is 35.3 Å². The molecule has 2 heterocycles. The van der Waals surface area contributed by atoms with E-state index in [0.717, 1.165) is 5.56 Å². The Balaban J connectivity index is 1.72. The molecule has 0 radical (unpaired) electrons. The van der Waals surface area contributed by atoms with Crippen LogP contribution in [0, 0.1) is 0 Å². The molecule has 0 aliphatic rings. The van der Waals surface area contributed by atoms with E-state index in [1.807, 2.05) is 44.2 Å². The third kappa shape index (κ3) is 4.58. The highest BCUT2D eigenvalue weighted by atomic mass is 32.1. The molecular formula is C19H21N3O4S. The summed E-state index contributed by atoms with van der Waals surface area (Å²) in [5.41, 5.74) is 1.01. The molecule has 2 aromatic heterocycles. The Kier molecular flexibility index (Phi) is 6.31. The van der Waals surface area contributed by atoms with Gasteiger partial charge in [-0.2, -0.15) is 9.61 Å². The van der Waals surface area contributed by atoms with Gasteiger partial charge in [0.25, 0.3) is 5.56 Å². The van der Waals surface area contributed by atoms with Gasteiger partial charge in [-0.15, -0.1) is 0 Å². The second kappa shape index (κ2) is 8.88. The summed E-state index contributed by atoms with van der Waals surface area (Å²) >= 11 is 1.28. The SMILES string of the molecule is CCOCc1nn2c(=O)cc(COC(=O)[C@@H](CC)c3ccccc3)nc2s1. The normalized spacial score (nSPS) is 12.2. The highest BCUT2D eigenvalue weighted by Gasteiger charge is 2.20. The molecular weight excluding hydrogens is 366 g/mol. The van der Waals surface area contributed by atoms with Crippen molar-refractivity contribution < 1.29 is 14.3 Å². The van der Waals surface area contributed by atoms with E-state index in [1.165, 1.54) is 21.9 Å². The van der Waals surface area contributed by atoms with Gasteiger partial charge in [0.05, 0.1) is 11.6 Å². The predicted molar refractivity (Wildman–Crippen MR) is 102 cm³/mol. The molecule has 0 unspecified atom stereocenters. The zero-order valence-electron chi connectivity index (χ0n) is 15.3. The van der Waals surface area contributed by atoms with Crippen LogP contribution in [0.5, 0.6) is 0 Å². The van der Waals surface area contributed by atoms with Crippen LogP contribution < -0.4 is 5.56 Å². The highest BCUT2D eigenvalue weighted by molar-refractivity contribution is 7.16. The molecule has 3 aromatic rings. The number of carbonyl (C=O) groups excluding carboxylic acids is 1. The minimum Gasteiger partial charge on any atom is -0.459 e. The maximum absolute atomic E-state index is 12.5. The number of rotatable bonds is 8. The summed E-state index contributed by atoms with van der Waals surface area (Å²) in [4.78, 5) is 29.5. The molecule has 0 N–H and O–H groups in total. The average molecular weight is 387 g/mol. The lowest BCUT2D eigenvalue weighted by Crippen LogP contribution is -2.19. The van der Waals surface area contributed by atoms with Crippen molar-refractivity contribution >= 4 is 22.3 Å². The number of aromatic nitrogens is 3. The zero-order chi connectivity index (χ0) is 19.2. The molecule has 1 aromatic carbocycles. The van der Waals surface area contributed by atoms with Crippen LogP contribution in [0.15, 0.2) is 41.2 Å². The second-order valence-electron chi connectivity index (χ2n) is 5.89. The molecule has 3 rings (SSSR count). The van der Waals surface area contributed by atoms with Crippen LogP contribution in [0.25, 0.3) is 4.96 Å². The van der Waals surface area contributed by atoms with Crippen LogP contribution in [-0.2, 0) is 27.5 Å². The molecule has 0 bridgehead atoms. The standard InChI is InChI=1S/C19H21N3O4S/c1-3-15(13-8-6-5-7-9-13)18(24)26-11-14-10-17(23)22-19(20-14)27-16(21-22)12-25-4-2/h5-10,15H,3-4,11-12H2,1-2H3/t15-/m0/s1. The first-order valence-electron chi connectivity index (χ1n) is 8.80. The topological polar surface area (TPSA) is 82.8 Å². The largest absolute Gasteiger partial charge is 0.459 e. The fourth-order valence-corrected chi connectivity index (χ4v) is 3.54. The van der Waals surface area contributed by atoms with Gasteiger partial charge in [0.2, 0.25) is 4.96 Å². The van der Waals surface area contributed by atoms with Gasteiger partial charge < -0.3 is 9.47 Å². The summed E-state index contributed by atoms with van der Waals surface area (Å²) in [7, 11) is 0. The molecule has 0 aliphatic heterocycles. The highest BCUT2D eigenvalue weighted by Crippen LogP contribution is 2.21. The maximum atomic E-state index is 12.5. The van der Waals surface area contributed by atoms with Gasteiger partial charge in [-0.25, -0.2) is 4.98 Å². The Morgan fingerprint density at radius 3 is 2.70 bits per heavy atom. The molecule has 142 valence electrons. The number of benzene rings is 1. The molecule has 0 amide bonds. The van der Waals surface area contributed by atoms with Crippen molar-refractivity contribution in [2.75, 3.05) is 6.61 Å². The van der Waals surface area contributed by atoms with Crippen LogP contribution in [0.2, 0.25) is 0 Å². The first kappa shape index (κ1) is 19.2. The number of hydrogen-bond donors (Lipinski definition) is 0.